The van der Waals surface area contributed by atoms with Crippen LogP contribution < -0.4 is 11.1 Å². The summed E-state index contributed by atoms with van der Waals surface area (Å²) in [6.07, 6.45) is 0.856. The predicted molar refractivity (Wildman–Crippen MR) is 71.7 cm³/mol. The summed E-state index contributed by atoms with van der Waals surface area (Å²) in [5.74, 6) is -2.23. The van der Waals surface area contributed by atoms with E-state index in [0.29, 0.717) is 6.42 Å². The van der Waals surface area contributed by atoms with E-state index in [-0.39, 0.29) is 29.5 Å². The van der Waals surface area contributed by atoms with Crippen molar-refractivity contribution in [2.75, 3.05) is 5.32 Å². The number of hydrogen-bond acceptors (Lipinski definition) is 2. The van der Waals surface area contributed by atoms with Crippen LogP contribution in [0.2, 0.25) is 0 Å². The fourth-order valence-corrected chi connectivity index (χ4v) is 1.88. The van der Waals surface area contributed by atoms with Crippen LogP contribution >= 0.6 is 0 Å². The molecule has 1 amide bonds. The highest BCUT2D eigenvalue weighted by Crippen LogP contribution is 2.21. The van der Waals surface area contributed by atoms with Gasteiger partial charge in [-0.15, -0.1) is 0 Å². The van der Waals surface area contributed by atoms with Gasteiger partial charge in [0, 0.05) is 24.2 Å². The maximum absolute atomic E-state index is 13.0. The molecule has 1 atom stereocenters. The summed E-state index contributed by atoms with van der Waals surface area (Å²) < 4.78 is 25.7. The first-order valence-electron chi connectivity index (χ1n) is 6.18. The Kier molecular flexibility index (Phi) is 5.00. The zero-order chi connectivity index (χ0) is 14.6. The lowest BCUT2D eigenvalue weighted by Gasteiger charge is -2.22. The molecule has 3 nitrogen and oxygen atoms in total. The molecule has 5 heteroatoms. The van der Waals surface area contributed by atoms with Gasteiger partial charge in [-0.05, 0) is 24.0 Å². The number of nitrogens with one attached hydrogen (secondary N) is 1. The number of carbonyl (C=O) groups excluding carboxylic acids is 1. The molecule has 0 aromatic heterocycles. The van der Waals surface area contributed by atoms with E-state index < -0.39 is 11.6 Å². The van der Waals surface area contributed by atoms with Crippen molar-refractivity contribution < 1.29 is 13.6 Å². The summed E-state index contributed by atoms with van der Waals surface area (Å²) in [7, 11) is 0. The second-order valence-electron chi connectivity index (χ2n) is 5.91. The number of anilines is 1. The zero-order valence-electron chi connectivity index (χ0n) is 11.5. The van der Waals surface area contributed by atoms with E-state index in [0.717, 1.165) is 12.1 Å². The molecule has 0 fully saturated rings. The highest BCUT2D eigenvalue weighted by Gasteiger charge is 2.18. The molecule has 0 aliphatic heterocycles. The minimum Gasteiger partial charge on any atom is -0.327 e. The van der Waals surface area contributed by atoms with Gasteiger partial charge in [-0.3, -0.25) is 4.79 Å². The summed E-state index contributed by atoms with van der Waals surface area (Å²) in [4.78, 5) is 11.7. The van der Waals surface area contributed by atoms with E-state index in [1.807, 2.05) is 20.8 Å². The molecule has 1 aromatic rings. The first kappa shape index (κ1) is 15.6. The van der Waals surface area contributed by atoms with E-state index in [1.165, 1.54) is 6.07 Å². The van der Waals surface area contributed by atoms with E-state index >= 15 is 0 Å². The van der Waals surface area contributed by atoms with Gasteiger partial charge >= 0.3 is 0 Å². The van der Waals surface area contributed by atoms with Crippen molar-refractivity contribution in [2.24, 2.45) is 11.1 Å². The molecule has 0 bridgehead atoms. The molecule has 3 N–H and O–H groups in total. The second kappa shape index (κ2) is 6.10. The summed E-state index contributed by atoms with van der Waals surface area (Å²) in [6.45, 7) is 6.13. The van der Waals surface area contributed by atoms with Crippen LogP contribution in [0, 0.1) is 17.0 Å². The summed E-state index contributed by atoms with van der Waals surface area (Å²) in [5, 5.41) is 2.50. The topological polar surface area (TPSA) is 55.1 Å². The van der Waals surface area contributed by atoms with E-state index in [4.69, 9.17) is 5.73 Å². The Bertz CT molecular complexity index is 455. The Morgan fingerprint density at radius 3 is 2.47 bits per heavy atom. The molecule has 0 saturated heterocycles. The fourth-order valence-electron chi connectivity index (χ4n) is 1.88. The Morgan fingerprint density at radius 2 is 1.95 bits per heavy atom. The van der Waals surface area contributed by atoms with Gasteiger partial charge in [-0.1, -0.05) is 20.8 Å². The van der Waals surface area contributed by atoms with Crippen molar-refractivity contribution in [3.8, 4) is 0 Å². The largest absolute Gasteiger partial charge is 0.327 e. The van der Waals surface area contributed by atoms with Gasteiger partial charge in [-0.2, -0.15) is 0 Å². The second-order valence-corrected chi connectivity index (χ2v) is 5.91. The van der Waals surface area contributed by atoms with Crippen molar-refractivity contribution in [1.29, 1.82) is 0 Å². The smallest absolute Gasteiger partial charge is 0.225 e. The number of carbonyl (C=O) groups is 1. The molecule has 0 radical (unpaired) electrons. The molecular weight excluding hydrogens is 250 g/mol. The third kappa shape index (κ3) is 5.79. The third-order valence-corrected chi connectivity index (χ3v) is 2.53. The average molecular weight is 270 g/mol. The zero-order valence-corrected chi connectivity index (χ0v) is 11.5. The highest BCUT2D eigenvalue weighted by molar-refractivity contribution is 5.91. The van der Waals surface area contributed by atoms with Crippen LogP contribution in [0.3, 0.4) is 0 Å². The average Bonchev–Trinajstić information content (AvgIpc) is 2.20. The van der Waals surface area contributed by atoms with Gasteiger partial charge in [0.15, 0.2) is 11.6 Å². The van der Waals surface area contributed by atoms with Gasteiger partial charge in [0.2, 0.25) is 5.91 Å². The lowest BCUT2D eigenvalue weighted by Crippen LogP contribution is -2.31. The molecule has 1 aromatic carbocycles. The van der Waals surface area contributed by atoms with Crippen LogP contribution in [0.1, 0.15) is 33.6 Å². The lowest BCUT2D eigenvalue weighted by atomic mass is 9.87. The molecule has 1 rings (SSSR count). The third-order valence-electron chi connectivity index (χ3n) is 2.53. The first-order chi connectivity index (χ1) is 8.67. The van der Waals surface area contributed by atoms with Crippen molar-refractivity contribution in [3.63, 3.8) is 0 Å². The van der Waals surface area contributed by atoms with E-state index in [9.17, 15) is 13.6 Å². The molecule has 0 heterocycles. The lowest BCUT2D eigenvalue weighted by molar-refractivity contribution is -0.116. The van der Waals surface area contributed by atoms with Gasteiger partial charge in [-0.25, -0.2) is 8.78 Å². The maximum Gasteiger partial charge on any atom is 0.225 e. The van der Waals surface area contributed by atoms with E-state index in [1.54, 1.807) is 0 Å². The Hall–Kier alpha value is -1.49. The first-order valence-corrected chi connectivity index (χ1v) is 6.18. The molecule has 0 spiro atoms. The molecule has 0 aliphatic rings. The molecule has 19 heavy (non-hydrogen) atoms. The number of halogens is 2. The minimum absolute atomic E-state index is 0.0433. The van der Waals surface area contributed by atoms with Crippen LogP contribution in [-0.2, 0) is 4.79 Å². The Balaban J connectivity index is 2.53. The van der Waals surface area contributed by atoms with Gasteiger partial charge < -0.3 is 11.1 Å². The van der Waals surface area contributed by atoms with Gasteiger partial charge in [0.05, 0.1) is 0 Å². The van der Waals surface area contributed by atoms with Gasteiger partial charge in [0.1, 0.15) is 0 Å². The Morgan fingerprint density at radius 1 is 1.32 bits per heavy atom. The van der Waals surface area contributed by atoms with Crippen molar-refractivity contribution in [1.82, 2.24) is 0 Å². The molecule has 0 aliphatic carbocycles. The van der Waals surface area contributed by atoms with Crippen molar-refractivity contribution in [2.45, 2.75) is 39.7 Å². The quantitative estimate of drug-likeness (QED) is 0.883. The van der Waals surface area contributed by atoms with Crippen LogP contribution in [0.5, 0.6) is 0 Å². The van der Waals surface area contributed by atoms with Crippen molar-refractivity contribution in [3.05, 3.63) is 29.8 Å². The summed E-state index contributed by atoms with van der Waals surface area (Å²) in [6, 6.07) is 2.97. The summed E-state index contributed by atoms with van der Waals surface area (Å²) >= 11 is 0. The number of rotatable bonds is 4. The summed E-state index contributed by atoms with van der Waals surface area (Å²) in [5.41, 5.74) is 6.15. The SMILES string of the molecule is CC(C)(C)CC(N)CC(=O)Nc1ccc(F)c(F)c1. The maximum atomic E-state index is 13.0. The normalized spacial score (nSPS) is 13.2. The Labute approximate surface area is 112 Å². The molecular formula is C14H20F2N2O. The van der Waals surface area contributed by atoms with Crippen LogP contribution in [0.15, 0.2) is 18.2 Å². The standard InChI is InChI=1S/C14H20F2N2O/c1-14(2,3)8-9(17)6-13(19)18-10-4-5-11(15)12(16)7-10/h4-5,7,9H,6,8,17H2,1-3H3,(H,18,19). The van der Waals surface area contributed by atoms with Crippen molar-refractivity contribution >= 4 is 11.6 Å². The monoisotopic (exact) mass is 270 g/mol. The van der Waals surface area contributed by atoms with Crippen LogP contribution in [0.4, 0.5) is 14.5 Å². The van der Waals surface area contributed by atoms with Crippen LogP contribution in [0.25, 0.3) is 0 Å². The molecule has 106 valence electrons. The van der Waals surface area contributed by atoms with Gasteiger partial charge in [0.25, 0.3) is 0 Å². The fraction of sp³-hybridized carbons (Fsp3) is 0.500. The number of nitrogens with two attached hydrogens (primary N) is 1. The number of amides is 1. The minimum atomic E-state index is -0.989. The molecule has 0 saturated carbocycles. The number of hydrogen-bond donors (Lipinski definition) is 2. The predicted octanol–water partition coefficient (Wildman–Crippen LogP) is 3.06. The highest BCUT2D eigenvalue weighted by atomic mass is 19.2. The molecule has 1 unspecified atom stereocenters. The van der Waals surface area contributed by atoms with Crippen LogP contribution in [-0.4, -0.2) is 11.9 Å². The number of benzene rings is 1. The van der Waals surface area contributed by atoms with E-state index in [2.05, 4.69) is 5.32 Å².